The van der Waals surface area contributed by atoms with Crippen molar-refractivity contribution in [2.24, 2.45) is 5.73 Å². The minimum Gasteiger partial charge on any atom is -0.365 e. The van der Waals surface area contributed by atoms with E-state index in [-0.39, 0.29) is 21.1 Å². The van der Waals surface area contributed by atoms with Gasteiger partial charge in [-0.3, -0.25) is 19.4 Å². The van der Waals surface area contributed by atoms with Gasteiger partial charge < -0.3 is 11.1 Å². The van der Waals surface area contributed by atoms with Crippen LogP contribution in [0.5, 0.6) is 0 Å². The Kier molecular flexibility index (Phi) is 5.94. The van der Waals surface area contributed by atoms with Crippen LogP contribution < -0.4 is 11.1 Å². The minimum absolute atomic E-state index is 0.00331. The smallest absolute Gasteiger partial charge is 0.280 e. The van der Waals surface area contributed by atoms with Crippen LogP contribution in [0.4, 0.5) is 14.5 Å². The van der Waals surface area contributed by atoms with Crippen molar-refractivity contribution >= 4 is 61.6 Å². The molecule has 4 aromatic rings. The molecule has 0 saturated heterocycles. The molecule has 4 rings (SSSR count). The largest absolute Gasteiger partial charge is 0.365 e. The van der Waals surface area contributed by atoms with E-state index < -0.39 is 23.9 Å². The number of hydrogen-bond acceptors (Lipinski definition) is 6. The standard InChI is InChI=1S/C19H16F2IN7O2S/c1-3-29-7(2)9(5-25-29)8-4-11(16(20)21)26-19-12(8)14(15(32-19)17(23)30)27-18(31)13-10(22)6-24-28-13/h4-6,16H,3H2,1-2H3,(H2,23,30)(H,24,28)(H,27,31). The molecule has 2 amide bonds. The van der Waals surface area contributed by atoms with E-state index in [0.717, 1.165) is 17.0 Å². The number of aromatic amines is 1. The molecule has 9 nitrogen and oxygen atoms in total. The predicted octanol–water partition coefficient (Wildman–Crippen LogP) is 4.10. The van der Waals surface area contributed by atoms with Gasteiger partial charge in [-0.1, -0.05) is 0 Å². The van der Waals surface area contributed by atoms with Gasteiger partial charge in [0.05, 0.1) is 21.7 Å². The third-order valence-electron chi connectivity index (χ3n) is 4.88. The van der Waals surface area contributed by atoms with E-state index in [1.807, 2.05) is 36.4 Å². The summed E-state index contributed by atoms with van der Waals surface area (Å²) in [5.74, 6) is -1.37. The molecule has 0 aliphatic carbocycles. The summed E-state index contributed by atoms with van der Waals surface area (Å²) in [5, 5.41) is 13.8. The number of rotatable bonds is 6. The van der Waals surface area contributed by atoms with Crippen molar-refractivity contribution in [3.8, 4) is 11.1 Å². The van der Waals surface area contributed by atoms with E-state index >= 15 is 0 Å². The van der Waals surface area contributed by atoms with Gasteiger partial charge in [-0.2, -0.15) is 10.2 Å². The summed E-state index contributed by atoms with van der Waals surface area (Å²) in [5.41, 5.74) is 7.10. The SMILES string of the molecule is CCn1ncc(-c2cc(C(F)F)nc3sc(C(N)=O)c(NC(=O)c4[nH]ncc4I)c23)c1C. The summed E-state index contributed by atoms with van der Waals surface area (Å²) in [6.07, 6.45) is 0.206. The number of thiophene rings is 1. The fourth-order valence-electron chi connectivity index (χ4n) is 3.37. The Hall–Kier alpha value is -2.94. The Morgan fingerprint density at radius 3 is 2.66 bits per heavy atom. The van der Waals surface area contributed by atoms with Gasteiger partial charge in [0, 0.05) is 23.2 Å². The molecule has 4 heterocycles. The van der Waals surface area contributed by atoms with Crippen molar-refractivity contribution in [1.29, 1.82) is 0 Å². The van der Waals surface area contributed by atoms with Gasteiger partial charge in [0.15, 0.2) is 0 Å². The lowest BCUT2D eigenvalue weighted by Gasteiger charge is -2.11. The molecule has 4 aromatic heterocycles. The van der Waals surface area contributed by atoms with Gasteiger partial charge in [-0.15, -0.1) is 11.3 Å². The first-order valence-corrected chi connectivity index (χ1v) is 11.2. The average molecular weight is 571 g/mol. The normalized spacial score (nSPS) is 11.4. The van der Waals surface area contributed by atoms with E-state index in [1.54, 1.807) is 10.9 Å². The highest BCUT2D eigenvalue weighted by atomic mass is 127. The van der Waals surface area contributed by atoms with Crippen molar-refractivity contribution in [1.82, 2.24) is 25.0 Å². The molecule has 0 aliphatic rings. The first kappa shape index (κ1) is 22.3. The van der Waals surface area contributed by atoms with Crippen LogP contribution in [0.25, 0.3) is 21.3 Å². The number of fused-ring (bicyclic) bond motifs is 1. The van der Waals surface area contributed by atoms with Gasteiger partial charge in [0.1, 0.15) is 21.1 Å². The average Bonchev–Trinajstić information content (AvgIpc) is 3.44. The molecule has 13 heteroatoms. The fourth-order valence-corrected chi connectivity index (χ4v) is 4.89. The Morgan fingerprint density at radius 1 is 1.34 bits per heavy atom. The van der Waals surface area contributed by atoms with Gasteiger partial charge in [0.2, 0.25) is 0 Å². The lowest BCUT2D eigenvalue weighted by Crippen LogP contribution is -2.17. The van der Waals surface area contributed by atoms with E-state index in [1.165, 1.54) is 12.3 Å². The van der Waals surface area contributed by atoms with Crippen LogP contribution in [-0.4, -0.2) is 36.8 Å². The Morgan fingerprint density at radius 2 is 2.09 bits per heavy atom. The van der Waals surface area contributed by atoms with Gasteiger partial charge in [0.25, 0.3) is 18.2 Å². The maximum Gasteiger partial charge on any atom is 0.280 e. The molecule has 32 heavy (non-hydrogen) atoms. The lowest BCUT2D eigenvalue weighted by atomic mass is 10.0. The molecule has 0 unspecified atom stereocenters. The number of H-pyrrole nitrogens is 1. The summed E-state index contributed by atoms with van der Waals surface area (Å²) in [7, 11) is 0. The highest BCUT2D eigenvalue weighted by Crippen LogP contribution is 2.43. The Labute approximate surface area is 197 Å². The molecule has 166 valence electrons. The third-order valence-corrected chi connectivity index (χ3v) is 6.80. The second kappa shape index (κ2) is 8.54. The van der Waals surface area contributed by atoms with E-state index in [2.05, 4.69) is 25.6 Å². The molecule has 0 aliphatic heterocycles. The van der Waals surface area contributed by atoms with Crippen LogP contribution in [-0.2, 0) is 6.54 Å². The number of carbonyl (C=O) groups is 2. The number of nitrogens with zero attached hydrogens (tertiary/aromatic N) is 4. The minimum atomic E-state index is -2.83. The maximum absolute atomic E-state index is 13.6. The number of aryl methyl sites for hydroxylation is 1. The Balaban J connectivity index is 2.00. The number of hydrogen-bond donors (Lipinski definition) is 3. The second-order valence-electron chi connectivity index (χ2n) is 6.75. The van der Waals surface area contributed by atoms with Crippen LogP contribution >= 0.6 is 33.9 Å². The predicted molar refractivity (Wildman–Crippen MR) is 124 cm³/mol. The quantitative estimate of drug-likeness (QED) is 0.300. The molecule has 0 aromatic carbocycles. The van der Waals surface area contributed by atoms with Crippen LogP contribution in [0, 0.1) is 10.5 Å². The summed E-state index contributed by atoms with van der Waals surface area (Å²) in [6.45, 7) is 4.30. The topological polar surface area (TPSA) is 132 Å². The number of alkyl halides is 2. The first-order chi connectivity index (χ1) is 15.2. The van der Waals surface area contributed by atoms with Gasteiger partial charge >= 0.3 is 0 Å². The number of anilines is 1. The first-order valence-electron chi connectivity index (χ1n) is 9.31. The maximum atomic E-state index is 13.6. The van der Waals surface area contributed by atoms with Crippen LogP contribution in [0.15, 0.2) is 18.5 Å². The molecule has 0 fully saturated rings. The van der Waals surface area contributed by atoms with Gasteiger partial charge in [-0.05, 0) is 48.1 Å². The number of amides is 2. The molecule has 0 bridgehead atoms. The molecule has 0 atom stereocenters. The van der Waals surface area contributed by atoms with E-state index in [9.17, 15) is 18.4 Å². The van der Waals surface area contributed by atoms with Gasteiger partial charge in [-0.25, -0.2) is 13.8 Å². The van der Waals surface area contributed by atoms with Crippen LogP contribution in [0.1, 0.15) is 44.9 Å². The zero-order chi connectivity index (χ0) is 23.2. The number of nitrogens with two attached hydrogens (primary N) is 1. The summed E-state index contributed by atoms with van der Waals surface area (Å²) < 4.78 is 29.5. The molecule has 0 radical (unpaired) electrons. The molecular weight excluding hydrogens is 555 g/mol. The summed E-state index contributed by atoms with van der Waals surface area (Å²) >= 11 is 2.79. The van der Waals surface area contributed by atoms with Crippen molar-refractivity contribution in [2.75, 3.05) is 5.32 Å². The van der Waals surface area contributed by atoms with Crippen molar-refractivity contribution < 1.29 is 18.4 Å². The summed E-state index contributed by atoms with van der Waals surface area (Å²) in [4.78, 5) is 29.2. The highest BCUT2D eigenvalue weighted by Gasteiger charge is 2.27. The van der Waals surface area contributed by atoms with Crippen LogP contribution in [0.3, 0.4) is 0 Å². The van der Waals surface area contributed by atoms with E-state index in [4.69, 9.17) is 5.73 Å². The number of aromatic nitrogens is 5. The number of nitrogens with one attached hydrogen (secondary N) is 2. The molecular formula is C19H16F2IN7O2S. The number of carbonyl (C=O) groups excluding carboxylic acids is 2. The molecule has 0 saturated carbocycles. The van der Waals surface area contributed by atoms with E-state index in [0.29, 0.717) is 26.6 Å². The monoisotopic (exact) mass is 571 g/mol. The van der Waals surface area contributed by atoms with Crippen LogP contribution in [0.2, 0.25) is 0 Å². The van der Waals surface area contributed by atoms with Crippen molar-refractivity contribution in [3.63, 3.8) is 0 Å². The second-order valence-corrected chi connectivity index (χ2v) is 8.91. The molecule has 0 spiro atoms. The number of pyridine rings is 1. The van der Waals surface area contributed by atoms with Crippen molar-refractivity contribution in [2.45, 2.75) is 26.8 Å². The number of halogens is 3. The third kappa shape index (κ3) is 3.74. The zero-order valence-corrected chi connectivity index (χ0v) is 19.7. The highest BCUT2D eigenvalue weighted by molar-refractivity contribution is 14.1. The fraction of sp³-hybridized carbons (Fsp3) is 0.211. The molecule has 4 N–H and O–H groups in total. The summed E-state index contributed by atoms with van der Waals surface area (Å²) in [6, 6.07) is 1.25. The zero-order valence-electron chi connectivity index (χ0n) is 16.7. The lowest BCUT2D eigenvalue weighted by molar-refractivity contribution is 0.100. The Bertz CT molecular complexity index is 1360. The van der Waals surface area contributed by atoms with Crippen molar-refractivity contribution in [3.05, 3.63) is 44.0 Å². The number of primary amides is 1.